The molecule has 1 spiro atoms. The quantitative estimate of drug-likeness (QED) is 0.868. The first kappa shape index (κ1) is 15.5. The van der Waals surface area contributed by atoms with Crippen molar-refractivity contribution in [2.24, 2.45) is 0 Å². The summed E-state index contributed by atoms with van der Waals surface area (Å²) in [6, 6.07) is 4.05. The minimum absolute atomic E-state index is 0.0394. The maximum Gasteiger partial charge on any atom is 0.326 e. The lowest BCUT2D eigenvalue weighted by molar-refractivity contribution is -0.134. The Labute approximate surface area is 135 Å². The molecule has 2 fully saturated rings. The lowest BCUT2D eigenvalue weighted by Crippen LogP contribution is -2.49. The standard InChI is InChI=1S/C16H23N3O2S/c1-12(13-7-6-10-22-13)18(2)11-19-14(20)16(17-15(19)21)8-4-3-5-9-16/h6-7,10,12H,3-5,8-9,11H2,1-2H3,(H,17,21). The molecule has 1 unspecified atom stereocenters. The average molecular weight is 321 g/mol. The van der Waals surface area contributed by atoms with Gasteiger partial charge in [-0.2, -0.15) is 0 Å². The van der Waals surface area contributed by atoms with Crippen molar-refractivity contribution in [3.63, 3.8) is 0 Å². The number of imide groups is 1. The van der Waals surface area contributed by atoms with Crippen LogP contribution in [0.3, 0.4) is 0 Å². The van der Waals surface area contributed by atoms with Crippen LogP contribution in [-0.4, -0.2) is 41.0 Å². The molecule has 1 aliphatic heterocycles. The number of rotatable bonds is 4. The Hall–Kier alpha value is -1.40. The fourth-order valence-electron chi connectivity index (χ4n) is 3.39. The number of amides is 3. The fraction of sp³-hybridized carbons (Fsp3) is 0.625. The van der Waals surface area contributed by atoms with E-state index in [1.54, 1.807) is 11.3 Å². The summed E-state index contributed by atoms with van der Waals surface area (Å²) in [7, 11) is 1.96. The van der Waals surface area contributed by atoms with Crippen LogP contribution in [0.1, 0.15) is 49.9 Å². The first-order valence-corrected chi connectivity index (χ1v) is 8.79. The zero-order valence-corrected chi connectivity index (χ0v) is 14.0. The third-order valence-electron chi connectivity index (χ3n) is 4.93. The van der Waals surface area contributed by atoms with E-state index >= 15 is 0 Å². The van der Waals surface area contributed by atoms with Gasteiger partial charge in [-0.3, -0.25) is 9.69 Å². The Morgan fingerprint density at radius 1 is 1.36 bits per heavy atom. The van der Waals surface area contributed by atoms with E-state index < -0.39 is 5.54 Å². The normalized spacial score (nSPS) is 22.4. The average Bonchev–Trinajstić information content (AvgIpc) is 3.11. The van der Waals surface area contributed by atoms with Gasteiger partial charge in [0.2, 0.25) is 0 Å². The third kappa shape index (κ3) is 2.65. The van der Waals surface area contributed by atoms with Crippen molar-refractivity contribution in [2.75, 3.05) is 13.7 Å². The maximum absolute atomic E-state index is 12.8. The summed E-state index contributed by atoms with van der Waals surface area (Å²) < 4.78 is 0. The Balaban J connectivity index is 1.69. The number of hydrogen-bond acceptors (Lipinski definition) is 4. The van der Waals surface area contributed by atoms with Gasteiger partial charge >= 0.3 is 6.03 Å². The van der Waals surface area contributed by atoms with Crippen molar-refractivity contribution >= 4 is 23.3 Å². The molecular formula is C16H23N3O2S. The number of carbonyl (C=O) groups excluding carboxylic acids is 2. The smallest absolute Gasteiger partial charge is 0.323 e. The van der Waals surface area contributed by atoms with Crippen molar-refractivity contribution in [2.45, 2.75) is 50.6 Å². The predicted molar refractivity (Wildman–Crippen MR) is 86.6 cm³/mol. The molecule has 1 aliphatic carbocycles. The van der Waals surface area contributed by atoms with Crippen molar-refractivity contribution < 1.29 is 9.59 Å². The van der Waals surface area contributed by atoms with Gasteiger partial charge < -0.3 is 5.32 Å². The van der Waals surface area contributed by atoms with Gasteiger partial charge in [0.15, 0.2) is 0 Å². The predicted octanol–water partition coefficient (Wildman–Crippen LogP) is 2.95. The zero-order valence-electron chi connectivity index (χ0n) is 13.2. The highest BCUT2D eigenvalue weighted by atomic mass is 32.1. The van der Waals surface area contributed by atoms with E-state index in [-0.39, 0.29) is 18.0 Å². The van der Waals surface area contributed by atoms with E-state index in [1.165, 1.54) is 9.78 Å². The second-order valence-electron chi connectivity index (χ2n) is 6.40. The molecule has 1 N–H and O–H groups in total. The van der Waals surface area contributed by atoms with Gasteiger partial charge in [0.25, 0.3) is 5.91 Å². The first-order chi connectivity index (χ1) is 10.5. The van der Waals surface area contributed by atoms with Crippen LogP contribution in [0.15, 0.2) is 17.5 Å². The van der Waals surface area contributed by atoms with Gasteiger partial charge in [0, 0.05) is 10.9 Å². The summed E-state index contributed by atoms with van der Waals surface area (Å²) >= 11 is 1.69. The molecular weight excluding hydrogens is 298 g/mol. The molecule has 0 bridgehead atoms. The highest BCUT2D eigenvalue weighted by Crippen LogP contribution is 2.34. The summed E-state index contributed by atoms with van der Waals surface area (Å²) in [4.78, 5) is 29.7. The van der Waals surface area contributed by atoms with E-state index in [1.807, 2.05) is 23.4 Å². The highest BCUT2D eigenvalue weighted by molar-refractivity contribution is 7.10. The summed E-state index contributed by atoms with van der Waals surface area (Å²) in [6.07, 6.45) is 4.74. The zero-order chi connectivity index (χ0) is 15.7. The van der Waals surface area contributed by atoms with Gasteiger partial charge in [0.1, 0.15) is 5.54 Å². The van der Waals surface area contributed by atoms with Crippen LogP contribution < -0.4 is 5.32 Å². The number of carbonyl (C=O) groups is 2. The van der Waals surface area contributed by atoms with Crippen LogP contribution in [0.4, 0.5) is 4.79 Å². The molecule has 6 heteroatoms. The van der Waals surface area contributed by atoms with Gasteiger partial charge in [-0.15, -0.1) is 11.3 Å². The molecule has 1 saturated carbocycles. The van der Waals surface area contributed by atoms with Gasteiger partial charge in [-0.1, -0.05) is 25.3 Å². The summed E-state index contributed by atoms with van der Waals surface area (Å²) in [5.74, 6) is -0.0394. The second kappa shape index (κ2) is 6.01. The largest absolute Gasteiger partial charge is 0.326 e. The SMILES string of the molecule is CC(c1cccs1)N(C)CN1C(=O)NC2(CCCCC2)C1=O. The molecule has 1 aromatic heterocycles. The molecule has 3 rings (SSSR count). The first-order valence-electron chi connectivity index (χ1n) is 7.91. The van der Waals surface area contributed by atoms with Crippen LogP contribution in [0, 0.1) is 0 Å². The Morgan fingerprint density at radius 2 is 2.09 bits per heavy atom. The number of urea groups is 1. The highest BCUT2D eigenvalue weighted by Gasteiger charge is 2.51. The van der Waals surface area contributed by atoms with E-state index in [2.05, 4.69) is 18.3 Å². The van der Waals surface area contributed by atoms with Gasteiger partial charge in [0.05, 0.1) is 6.67 Å². The van der Waals surface area contributed by atoms with Crippen molar-refractivity contribution in [3.8, 4) is 0 Å². The third-order valence-corrected chi connectivity index (χ3v) is 5.98. The van der Waals surface area contributed by atoms with Crippen LogP contribution in [0.25, 0.3) is 0 Å². The Kier molecular flexibility index (Phi) is 4.23. The minimum Gasteiger partial charge on any atom is -0.323 e. The van der Waals surface area contributed by atoms with Crippen LogP contribution in [0.5, 0.6) is 0 Å². The lowest BCUT2D eigenvalue weighted by Gasteiger charge is -2.31. The summed E-state index contributed by atoms with van der Waals surface area (Å²) in [6.45, 7) is 2.44. The molecule has 3 amide bonds. The van der Waals surface area contributed by atoms with Gasteiger partial charge in [-0.25, -0.2) is 9.69 Å². The van der Waals surface area contributed by atoms with Gasteiger partial charge in [-0.05, 0) is 38.3 Å². The van der Waals surface area contributed by atoms with E-state index in [0.717, 1.165) is 32.1 Å². The van der Waals surface area contributed by atoms with Crippen LogP contribution in [-0.2, 0) is 4.79 Å². The van der Waals surface area contributed by atoms with Crippen molar-refractivity contribution in [1.82, 2.24) is 15.1 Å². The van der Waals surface area contributed by atoms with E-state index in [0.29, 0.717) is 6.67 Å². The summed E-state index contributed by atoms with van der Waals surface area (Å²) in [5.41, 5.74) is -0.623. The monoisotopic (exact) mass is 321 g/mol. The molecule has 120 valence electrons. The van der Waals surface area contributed by atoms with Crippen molar-refractivity contribution in [3.05, 3.63) is 22.4 Å². The van der Waals surface area contributed by atoms with Crippen LogP contribution in [0.2, 0.25) is 0 Å². The van der Waals surface area contributed by atoms with Crippen molar-refractivity contribution in [1.29, 1.82) is 0 Å². The van der Waals surface area contributed by atoms with E-state index in [9.17, 15) is 9.59 Å². The Bertz CT molecular complexity index is 552. The molecule has 1 atom stereocenters. The summed E-state index contributed by atoms with van der Waals surface area (Å²) in [5, 5.41) is 5.01. The fourth-order valence-corrected chi connectivity index (χ4v) is 4.24. The molecule has 1 saturated heterocycles. The molecule has 5 nitrogen and oxygen atoms in total. The molecule has 22 heavy (non-hydrogen) atoms. The number of nitrogens with one attached hydrogen (secondary N) is 1. The van der Waals surface area contributed by atoms with Crippen LogP contribution >= 0.6 is 11.3 Å². The lowest BCUT2D eigenvalue weighted by atomic mass is 9.82. The number of hydrogen-bond donors (Lipinski definition) is 1. The Morgan fingerprint density at radius 3 is 2.73 bits per heavy atom. The van der Waals surface area contributed by atoms with E-state index in [4.69, 9.17) is 0 Å². The second-order valence-corrected chi connectivity index (χ2v) is 7.38. The minimum atomic E-state index is -0.623. The topological polar surface area (TPSA) is 52.6 Å². The number of nitrogens with zero attached hydrogens (tertiary/aromatic N) is 2. The molecule has 0 radical (unpaired) electrons. The molecule has 1 aromatic rings. The number of thiophene rings is 1. The molecule has 2 aliphatic rings. The maximum atomic E-state index is 12.8. The molecule has 0 aromatic carbocycles. The molecule has 2 heterocycles.